The third kappa shape index (κ3) is 3.15. The second kappa shape index (κ2) is 5.59. The molecule has 5 heteroatoms. The van der Waals surface area contributed by atoms with Gasteiger partial charge in [-0.3, -0.25) is 0 Å². The van der Waals surface area contributed by atoms with E-state index in [9.17, 15) is 0 Å². The van der Waals surface area contributed by atoms with Gasteiger partial charge in [0.2, 0.25) is 11.7 Å². The summed E-state index contributed by atoms with van der Waals surface area (Å²) in [5, 5.41) is 4.06. The van der Waals surface area contributed by atoms with Gasteiger partial charge < -0.3 is 15.0 Å². The van der Waals surface area contributed by atoms with Crippen LogP contribution in [0.3, 0.4) is 0 Å². The van der Waals surface area contributed by atoms with Crippen molar-refractivity contribution in [3.05, 3.63) is 11.7 Å². The fraction of sp³-hybridized carbons (Fsp3) is 0.857. The molecule has 0 aromatic carbocycles. The molecule has 1 unspecified atom stereocenters. The van der Waals surface area contributed by atoms with E-state index in [2.05, 4.69) is 10.1 Å². The summed E-state index contributed by atoms with van der Waals surface area (Å²) in [4.78, 5) is 4.48. The molecule has 2 N–H and O–H groups in total. The van der Waals surface area contributed by atoms with Crippen molar-refractivity contribution in [1.82, 2.24) is 10.1 Å². The molecule has 1 fully saturated rings. The number of ether oxygens (including phenoxy) is 1. The van der Waals surface area contributed by atoms with Gasteiger partial charge in [-0.1, -0.05) is 31.3 Å². The van der Waals surface area contributed by atoms with Gasteiger partial charge in [0.25, 0.3) is 0 Å². The van der Waals surface area contributed by atoms with Crippen molar-refractivity contribution in [3.63, 3.8) is 0 Å². The minimum Gasteiger partial charge on any atom is -0.370 e. The Labute approximate surface area is 114 Å². The summed E-state index contributed by atoms with van der Waals surface area (Å²) in [6.45, 7) is 4.02. The summed E-state index contributed by atoms with van der Waals surface area (Å²) >= 11 is 0. The number of nitrogens with zero attached hydrogens (tertiary/aromatic N) is 2. The third-order valence-corrected chi connectivity index (χ3v) is 4.42. The van der Waals surface area contributed by atoms with Crippen LogP contribution in [0.15, 0.2) is 4.52 Å². The first kappa shape index (κ1) is 14.5. The van der Waals surface area contributed by atoms with Gasteiger partial charge in [-0.25, -0.2) is 0 Å². The van der Waals surface area contributed by atoms with E-state index < -0.39 is 5.60 Å². The number of aromatic nitrogens is 2. The predicted octanol–water partition coefficient (Wildman–Crippen LogP) is 2.55. The van der Waals surface area contributed by atoms with Gasteiger partial charge in [-0.05, 0) is 26.2 Å². The Balaban J connectivity index is 2.09. The molecule has 1 heterocycles. The normalized spacial score (nSPS) is 22.1. The predicted molar refractivity (Wildman–Crippen MR) is 72.7 cm³/mol. The fourth-order valence-electron chi connectivity index (χ4n) is 2.67. The van der Waals surface area contributed by atoms with E-state index in [4.69, 9.17) is 15.0 Å². The Hall–Kier alpha value is -0.940. The first-order valence-electron chi connectivity index (χ1n) is 7.18. The van der Waals surface area contributed by atoms with Gasteiger partial charge in [0, 0.05) is 19.1 Å². The van der Waals surface area contributed by atoms with Gasteiger partial charge in [0.15, 0.2) is 0 Å². The van der Waals surface area contributed by atoms with Crippen LogP contribution < -0.4 is 5.73 Å². The lowest BCUT2D eigenvalue weighted by Gasteiger charge is -2.32. The van der Waals surface area contributed by atoms with Crippen molar-refractivity contribution < 1.29 is 9.26 Å². The Kier molecular flexibility index (Phi) is 4.26. The zero-order chi connectivity index (χ0) is 13.9. The minimum atomic E-state index is -0.476. The molecule has 2 rings (SSSR count). The zero-order valence-corrected chi connectivity index (χ0v) is 12.2. The average Bonchev–Trinajstić information content (AvgIpc) is 2.87. The molecule has 19 heavy (non-hydrogen) atoms. The number of hydrogen-bond donors (Lipinski definition) is 1. The Morgan fingerprint density at radius 1 is 1.37 bits per heavy atom. The van der Waals surface area contributed by atoms with E-state index in [0.717, 1.165) is 19.3 Å². The monoisotopic (exact) mass is 267 g/mol. The van der Waals surface area contributed by atoms with E-state index in [-0.39, 0.29) is 5.54 Å². The van der Waals surface area contributed by atoms with Crippen molar-refractivity contribution in [2.75, 3.05) is 7.11 Å². The first-order valence-corrected chi connectivity index (χ1v) is 7.18. The second-order valence-corrected chi connectivity index (χ2v) is 5.90. The van der Waals surface area contributed by atoms with Gasteiger partial charge in [-0.2, -0.15) is 4.98 Å². The average molecular weight is 267 g/mol. The fourth-order valence-corrected chi connectivity index (χ4v) is 2.67. The number of rotatable bonds is 5. The number of hydrogen-bond acceptors (Lipinski definition) is 5. The minimum absolute atomic E-state index is 0.169. The molecule has 1 aliphatic carbocycles. The van der Waals surface area contributed by atoms with Crippen molar-refractivity contribution in [1.29, 1.82) is 0 Å². The molecule has 0 aliphatic heterocycles. The molecule has 0 saturated heterocycles. The quantitative estimate of drug-likeness (QED) is 0.887. The van der Waals surface area contributed by atoms with E-state index >= 15 is 0 Å². The Morgan fingerprint density at radius 3 is 2.63 bits per heavy atom. The highest BCUT2D eigenvalue weighted by atomic mass is 16.5. The van der Waals surface area contributed by atoms with E-state index in [1.54, 1.807) is 7.11 Å². The summed E-state index contributed by atoms with van der Waals surface area (Å²) in [5.74, 6) is 1.25. The third-order valence-electron chi connectivity index (χ3n) is 4.42. The van der Waals surface area contributed by atoms with Crippen LogP contribution in [0.4, 0.5) is 0 Å². The summed E-state index contributed by atoms with van der Waals surface area (Å²) < 4.78 is 10.8. The van der Waals surface area contributed by atoms with Crippen LogP contribution in [-0.4, -0.2) is 22.8 Å². The SMILES string of the molecule is CCC(C)(OC)c1noc(CC2(N)CCCCC2)n1. The van der Waals surface area contributed by atoms with Crippen molar-refractivity contribution in [2.45, 2.75) is 69.9 Å². The van der Waals surface area contributed by atoms with Crippen LogP contribution in [0.5, 0.6) is 0 Å². The van der Waals surface area contributed by atoms with Crippen molar-refractivity contribution in [3.8, 4) is 0 Å². The largest absolute Gasteiger partial charge is 0.370 e. The molecule has 1 aromatic heterocycles. The van der Waals surface area contributed by atoms with Gasteiger partial charge in [-0.15, -0.1) is 0 Å². The molecule has 0 bridgehead atoms. The lowest BCUT2D eigenvalue weighted by Crippen LogP contribution is -2.43. The topological polar surface area (TPSA) is 74.2 Å². The first-order chi connectivity index (χ1) is 9.01. The second-order valence-electron chi connectivity index (χ2n) is 5.90. The van der Waals surface area contributed by atoms with Crippen LogP contribution in [0.25, 0.3) is 0 Å². The highest BCUT2D eigenvalue weighted by Gasteiger charge is 2.33. The molecule has 0 spiro atoms. The summed E-state index contributed by atoms with van der Waals surface area (Å²) in [6.07, 6.45) is 7.23. The van der Waals surface area contributed by atoms with Gasteiger partial charge in [0.1, 0.15) is 5.60 Å². The van der Waals surface area contributed by atoms with Crippen LogP contribution in [0.2, 0.25) is 0 Å². The molecular formula is C14H25N3O2. The van der Waals surface area contributed by atoms with Gasteiger partial charge >= 0.3 is 0 Å². The molecule has 5 nitrogen and oxygen atoms in total. The smallest absolute Gasteiger partial charge is 0.228 e. The van der Waals surface area contributed by atoms with Gasteiger partial charge in [0.05, 0.1) is 0 Å². The number of methoxy groups -OCH3 is 1. The Bertz CT molecular complexity index is 407. The van der Waals surface area contributed by atoms with Crippen LogP contribution in [0.1, 0.15) is 64.1 Å². The van der Waals surface area contributed by atoms with Crippen LogP contribution in [-0.2, 0) is 16.8 Å². The molecular weight excluding hydrogens is 242 g/mol. The van der Waals surface area contributed by atoms with E-state index in [1.165, 1.54) is 19.3 Å². The molecule has 108 valence electrons. The maximum absolute atomic E-state index is 6.42. The van der Waals surface area contributed by atoms with Crippen molar-refractivity contribution >= 4 is 0 Å². The molecule has 1 aliphatic rings. The summed E-state index contributed by atoms with van der Waals surface area (Å²) in [6, 6.07) is 0. The van der Waals surface area contributed by atoms with Crippen LogP contribution in [0, 0.1) is 0 Å². The molecule has 1 atom stereocenters. The highest BCUT2D eigenvalue weighted by molar-refractivity contribution is 5.02. The summed E-state index contributed by atoms with van der Waals surface area (Å²) in [5.41, 5.74) is 5.77. The lowest BCUT2D eigenvalue weighted by molar-refractivity contribution is -0.0106. The maximum atomic E-state index is 6.42. The standard InChI is InChI=1S/C14H25N3O2/c1-4-13(2,18-3)12-16-11(19-17-12)10-14(15)8-6-5-7-9-14/h4-10,15H2,1-3H3. The lowest BCUT2D eigenvalue weighted by atomic mass is 9.80. The molecule has 0 amide bonds. The maximum Gasteiger partial charge on any atom is 0.228 e. The van der Waals surface area contributed by atoms with E-state index in [0.29, 0.717) is 18.1 Å². The Morgan fingerprint density at radius 2 is 2.05 bits per heavy atom. The summed E-state index contributed by atoms with van der Waals surface area (Å²) in [7, 11) is 1.67. The van der Waals surface area contributed by atoms with E-state index in [1.807, 2.05) is 13.8 Å². The molecule has 0 radical (unpaired) electrons. The molecule has 1 saturated carbocycles. The molecule has 1 aromatic rings. The highest BCUT2D eigenvalue weighted by Crippen LogP contribution is 2.30. The zero-order valence-electron chi connectivity index (χ0n) is 12.2. The van der Waals surface area contributed by atoms with Crippen LogP contribution >= 0.6 is 0 Å². The number of nitrogens with two attached hydrogens (primary N) is 1. The van der Waals surface area contributed by atoms with Crippen molar-refractivity contribution in [2.24, 2.45) is 5.73 Å².